The summed E-state index contributed by atoms with van der Waals surface area (Å²) in [6, 6.07) is 6.16. The average molecular weight is 191 g/mol. The summed E-state index contributed by atoms with van der Waals surface area (Å²) in [6.07, 6.45) is 0. The fraction of sp³-hybridized carbons (Fsp3) is 0.182. The van der Waals surface area contributed by atoms with E-state index in [1.807, 2.05) is 0 Å². The van der Waals surface area contributed by atoms with E-state index < -0.39 is 5.82 Å². The van der Waals surface area contributed by atoms with Crippen LogP contribution in [-0.2, 0) is 4.74 Å². The number of nitriles is 1. The van der Waals surface area contributed by atoms with Crippen molar-refractivity contribution in [3.63, 3.8) is 0 Å². The summed E-state index contributed by atoms with van der Waals surface area (Å²) in [7, 11) is 0. The number of hydrogen-bond acceptors (Lipinski definition) is 2. The Labute approximate surface area is 82.2 Å². The number of nitrogens with zero attached hydrogens (tertiary/aromatic N) is 1. The second kappa shape index (κ2) is 4.43. The fourth-order valence-corrected chi connectivity index (χ4v) is 1.12. The van der Waals surface area contributed by atoms with Crippen LogP contribution in [0.25, 0.3) is 5.76 Å². The maximum absolute atomic E-state index is 13.1. The molecule has 1 aromatic carbocycles. The van der Waals surface area contributed by atoms with E-state index in [1.165, 1.54) is 12.1 Å². The van der Waals surface area contributed by atoms with E-state index in [1.54, 1.807) is 19.1 Å². The number of ether oxygens (including phenoxy) is 1. The van der Waals surface area contributed by atoms with E-state index in [9.17, 15) is 4.39 Å². The van der Waals surface area contributed by atoms with Crippen LogP contribution in [-0.4, -0.2) is 6.61 Å². The largest absolute Gasteiger partial charge is 0.494 e. The summed E-state index contributed by atoms with van der Waals surface area (Å²) < 4.78 is 18.2. The van der Waals surface area contributed by atoms with Gasteiger partial charge in [0.05, 0.1) is 12.2 Å². The number of hydrogen-bond donors (Lipinski definition) is 0. The van der Waals surface area contributed by atoms with E-state index in [0.717, 1.165) is 0 Å². The molecule has 0 bridgehead atoms. The van der Waals surface area contributed by atoms with Crippen molar-refractivity contribution in [2.75, 3.05) is 6.61 Å². The predicted octanol–water partition coefficient (Wildman–Crippen LogP) is 2.70. The first kappa shape index (κ1) is 10.3. The average Bonchev–Trinajstić information content (AvgIpc) is 2.17. The Kier molecular flexibility index (Phi) is 3.24. The molecule has 0 unspecified atom stereocenters. The zero-order valence-electron chi connectivity index (χ0n) is 7.88. The molecule has 0 aliphatic rings. The molecule has 2 nitrogen and oxygen atoms in total. The first-order valence-electron chi connectivity index (χ1n) is 4.21. The van der Waals surface area contributed by atoms with Gasteiger partial charge in [-0.25, -0.2) is 4.39 Å². The van der Waals surface area contributed by atoms with Crippen molar-refractivity contribution < 1.29 is 9.13 Å². The molecule has 0 spiro atoms. The molecule has 1 rings (SSSR count). The monoisotopic (exact) mass is 191 g/mol. The van der Waals surface area contributed by atoms with Gasteiger partial charge >= 0.3 is 0 Å². The molecular formula is C11H10FNO. The molecule has 0 N–H and O–H groups in total. The van der Waals surface area contributed by atoms with Crippen molar-refractivity contribution in [2.45, 2.75) is 6.92 Å². The second-order valence-electron chi connectivity index (χ2n) is 2.63. The first-order chi connectivity index (χ1) is 6.70. The molecule has 0 fully saturated rings. The van der Waals surface area contributed by atoms with Crippen molar-refractivity contribution in [2.24, 2.45) is 0 Å². The molecule has 0 heterocycles. The van der Waals surface area contributed by atoms with Gasteiger partial charge in [-0.3, -0.25) is 0 Å². The third kappa shape index (κ3) is 1.91. The maximum atomic E-state index is 13.1. The SMILES string of the molecule is C=C(OCC)c1cccc(F)c1C#N. The van der Waals surface area contributed by atoms with Crippen LogP contribution in [0.5, 0.6) is 0 Å². The summed E-state index contributed by atoms with van der Waals surface area (Å²) in [5.41, 5.74) is 0.389. The molecule has 0 aliphatic heterocycles. The van der Waals surface area contributed by atoms with Crippen LogP contribution >= 0.6 is 0 Å². The molecule has 14 heavy (non-hydrogen) atoms. The van der Waals surface area contributed by atoms with Crippen LogP contribution in [0.4, 0.5) is 4.39 Å². The molecule has 72 valence electrons. The van der Waals surface area contributed by atoms with Crippen LogP contribution in [0.3, 0.4) is 0 Å². The van der Waals surface area contributed by atoms with Gasteiger partial charge in [0.1, 0.15) is 17.6 Å². The van der Waals surface area contributed by atoms with Crippen molar-refractivity contribution in [1.29, 1.82) is 5.26 Å². The molecule has 0 aliphatic carbocycles. The summed E-state index contributed by atoms with van der Waals surface area (Å²) in [5.74, 6) is -0.227. The Bertz CT molecular complexity index is 393. The molecule has 0 saturated carbocycles. The minimum absolute atomic E-state index is 0.0223. The summed E-state index contributed by atoms with van der Waals surface area (Å²) in [6.45, 7) is 5.87. The van der Waals surface area contributed by atoms with Crippen LogP contribution in [0.15, 0.2) is 24.8 Å². The molecule has 0 amide bonds. The highest BCUT2D eigenvalue weighted by Gasteiger charge is 2.10. The normalized spacial score (nSPS) is 9.21. The van der Waals surface area contributed by atoms with Crippen molar-refractivity contribution in [1.82, 2.24) is 0 Å². The second-order valence-corrected chi connectivity index (χ2v) is 2.63. The Hall–Kier alpha value is -1.82. The topological polar surface area (TPSA) is 33.0 Å². The fourth-order valence-electron chi connectivity index (χ4n) is 1.12. The van der Waals surface area contributed by atoms with Gasteiger partial charge in [-0.1, -0.05) is 12.6 Å². The van der Waals surface area contributed by atoms with Crippen LogP contribution in [0, 0.1) is 17.1 Å². The smallest absolute Gasteiger partial charge is 0.141 e. The number of halogens is 1. The van der Waals surface area contributed by atoms with Crippen molar-refractivity contribution in [3.8, 4) is 6.07 Å². The lowest BCUT2D eigenvalue weighted by molar-refractivity contribution is 0.299. The van der Waals surface area contributed by atoms with Crippen molar-refractivity contribution >= 4 is 5.76 Å². The number of benzene rings is 1. The Morgan fingerprint density at radius 3 is 2.93 bits per heavy atom. The third-order valence-corrected chi connectivity index (χ3v) is 1.74. The first-order valence-corrected chi connectivity index (χ1v) is 4.21. The van der Waals surface area contributed by atoms with Gasteiger partial charge in [-0.05, 0) is 19.1 Å². The quantitative estimate of drug-likeness (QED) is 0.688. The summed E-state index contributed by atoms with van der Waals surface area (Å²) in [4.78, 5) is 0. The van der Waals surface area contributed by atoms with Gasteiger partial charge in [0.2, 0.25) is 0 Å². The standard InChI is InChI=1S/C11H10FNO/c1-3-14-8(2)9-5-4-6-11(12)10(9)7-13/h4-6H,2-3H2,1H3. The van der Waals surface area contributed by atoms with Gasteiger partial charge in [-0.2, -0.15) is 5.26 Å². The van der Waals surface area contributed by atoms with Crippen LogP contribution < -0.4 is 0 Å². The van der Waals surface area contributed by atoms with Gasteiger partial charge in [-0.15, -0.1) is 0 Å². The van der Waals surface area contributed by atoms with E-state index in [0.29, 0.717) is 17.9 Å². The van der Waals surface area contributed by atoms with Gasteiger partial charge in [0, 0.05) is 5.56 Å². The Morgan fingerprint density at radius 2 is 2.36 bits per heavy atom. The van der Waals surface area contributed by atoms with E-state index in [2.05, 4.69) is 6.58 Å². The maximum Gasteiger partial charge on any atom is 0.141 e. The minimum atomic E-state index is -0.550. The lowest BCUT2D eigenvalue weighted by atomic mass is 10.1. The molecule has 0 saturated heterocycles. The molecule has 3 heteroatoms. The summed E-state index contributed by atoms with van der Waals surface area (Å²) >= 11 is 0. The molecule has 0 radical (unpaired) electrons. The predicted molar refractivity (Wildman–Crippen MR) is 51.8 cm³/mol. The van der Waals surface area contributed by atoms with E-state index in [4.69, 9.17) is 10.00 Å². The van der Waals surface area contributed by atoms with Crippen LogP contribution in [0.2, 0.25) is 0 Å². The van der Waals surface area contributed by atoms with Gasteiger partial charge < -0.3 is 4.74 Å². The lowest BCUT2D eigenvalue weighted by Gasteiger charge is -2.08. The zero-order chi connectivity index (χ0) is 10.6. The Morgan fingerprint density at radius 1 is 1.64 bits per heavy atom. The molecule has 1 aromatic rings. The number of rotatable bonds is 3. The van der Waals surface area contributed by atoms with E-state index >= 15 is 0 Å². The molecule has 0 aromatic heterocycles. The van der Waals surface area contributed by atoms with Gasteiger partial charge in [0.25, 0.3) is 0 Å². The van der Waals surface area contributed by atoms with E-state index in [-0.39, 0.29) is 5.56 Å². The Balaban J connectivity index is 3.15. The highest BCUT2D eigenvalue weighted by Crippen LogP contribution is 2.20. The van der Waals surface area contributed by atoms with Crippen LogP contribution in [0.1, 0.15) is 18.1 Å². The van der Waals surface area contributed by atoms with Gasteiger partial charge in [0.15, 0.2) is 0 Å². The molecular weight excluding hydrogens is 181 g/mol. The minimum Gasteiger partial charge on any atom is -0.494 e. The highest BCUT2D eigenvalue weighted by atomic mass is 19.1. The summed E-state index contributed by atoms with van der Waals surface area (Å²) in [5, 5.41) is 8.73. The third-order valence-electron chi connectivity index (χ3n) is 1.74. The zero-order valence-corrected chi connectivity index (χ0v) is 7.88. The van der Waals surface area contributed by atoms with Crippen molar-refractivity contribution in [3.05, 3.63) is 41.7 Å². The molecule has 0 atom stereocenters. The highest BCUT2D eigenvalue weighted by molar-refractivity contribution is 5.64. The lowest BCUT2D eigenvalue weighted by Crippen LogP contribution is -1.96.